The van der Waals surface area contributed by atoms with Crippen LogP contribution >= 0.6 is 12.2 Å². The summed E-state index contributed by atoms with van der Waals surface area (Å²) in [5.74, 6) is -0.628. The summed E-state index contributed by atoms with van der Waals surface area (Å²) < 4.78 is 0. The van der Waals surface area contributed by atoms with Crippen molar-refractivity contribution < 1.29 is 9.59 Å². The number of carbonyl (C=O) groups is 2. The second-order valence-electron chi connectivity index (χ2n) is 6.39. The van der Waals surface area contributed by atoms with E-state index in [1.807, 2.05) is 42.5 Å². The number of anilines is 1. The molecule has 0 spiro atoms. The highest BCUT2D eigenvalue weighted by Gasteiger charge is 2.11. The molecule has 3 aromatic rings. The first-order chi connectivity index (χ1) is 14.6. The normalized spacial score (nSPS) is 10.5. The number of amides is 2. The lowest BCUT2D eigenvalue weighted by Gasteiger charge is -2.12. The van der Waals surface area contributed by atoms with Crippen molar-refractivity contribution in [1.82, 2.24) is 10.6 Å². The predicted octanol–water partition coefficient (Wildman–Crippen LogP) is 4.28. The number of para-hydroxylation sites is 1. The fourth-order valence-electron chi connectivity index (χ4n) is 2.92. The second kappa shape index (κ2) is 10.1. The van der Waals surface area contributed by atoms with Crippen LogP contribution in [0.15, 0.2) is 85.5 Å². The molecule has 3 rings (SSSR count). The molecular weight excluding hydrogens is 394 g/mol. The number of hydrogen-bond donors (Lipinski definition) is 3. The van der Waals surface area contributed by atoms with Crippen molar-refractivity contribution in [3.8, 4) is 0 Å². The zero-order valence-corrected chi connectivity index (χ0v) is 17.0. The number of benzene rings is 3. The predicted molar refractivity (Wildman–Crippen MR) is 126 cm³/mol. The number of nitrogens with one attached hydrogen (secondary N) is 3. The maximum atomic E-state index is 12.3. The maximum Gasteiger partial charge on any atom is 0.253 e. The summed E-state index contributed by atoms with van der Waals surface area (Å²) in [5, 5.41) is 10.5. The number of rotatable bonds is 6. The molecule has 0 saturated carbocycles. The van der Waals surface area contributed by atoms with Gasteiger partial charge >= 0.3 is 0 Å². The number of fused-ring (bicyclic) bond motifs is 1. The van der Waals surface area contributed by atoms with Crippen LogP contribution in [0.3, 0.4) is 0 Å². The smallest absolute Gasteiger partial charge is 0.253 e. The zero-order chi connectivity index (χ0) is 21.3. The van der Waals surface area contributed by atoms with Crippen LogP contribution in [0.25, 0.3) is 16.8 Å². The SMILES string of the molecule is C=CCNC(=O)c1ccccc1NC(=S)NC(=O)C=Cc1cccc2ccccc12. The average molecular weight is 416 g/mol. The molecule has 5 nitrogen and oxygen atoms in total. The van der Waals surface area contributed by atoms with Crippen LogP contribution in [-0.4, -0.2) is 23.5 Å². The molecule has 0 atom stereocenters. The third-order valence-electron chi connectivity index (χ3n) is 4.30. The molecule has 0 aliphatic rings. The lowest BCUT2D eigenvalue weighted by molar-refractivity contribution is -0.115. The van der Waals surface area contributed by atoms with E-state index < -0.39 is 0 Å². The van der Waals surface area contributed by atoms with Gasteiger partial charge in [0.15, 0.2) is 5.11 Å². The fourth-order valence-corrected chi connectivity index (χ4v) is 3.13. The Kier molecular flexibility index (Phi) is 7.08. The van der Waals surface area contributed by atoms with Crippen molar-refractivity contribution in [3.05, 3.63) is 96.6 Å². The summed E-state index contributed by atoms with van der Waals surface area (Å²) in [4.78, 5) is 24.6. The van der Waals surface area contributed by atoms with Crippen LogP contribution < -0.4 is 16.0 Å². The van der Waals surface area contributed by atoms with E-state index in [2.05, 4.69) is 22.5 Å². The molecule has 0 fully saturated rings. The van der Waals surface area contributed by atoms with E-state index in [0.29, 0.717) is 17.8 Å². The van der Waals surface area contributed by atoms with E-state index in [-0.39, 0.29) is 16.9 Å². The molecule has 150 valence electrons. The largest absolute Gasteiger partial charge is 0.349 e. The van der Waals surface area contributed by atoms with Crippen molar-refractivity contribution in [2.45, 2.75) is 0 Å². The molecule has 2 amide bonds. The van der Waals surface area contributed by atoms with Crippen molar-refractivity contribution in [2.24, 2.45) is 0 Å². The highest BCUT2D eigenvalue weighted by molar-refractivity contribution is 7.80. The minimum atomic E-state index is -0.367. The van der Waals surface area contributed by atoms with Crippen LogP contribution in [0.2, 0.25) is 0 Å². The Morgan fingerprint density at radius 3 is 2.53 bits per heavy atom. The lowest BCUT2D eigenvalue weighted by Crippen LogP contribution is -2.34. The van der Waals surface area contributed by atoms with Gasteiger partial charge in [-0.3, -0.25) is 14.9 Å². The van der Waals surface area contributed by atoms with Gasteiger partial charge in [0, 0.05) is 12.6 Å². The Labute approximate surface area is 180 Å². The van der Waals surface area contributed by atoms with E-state index in [1.165, 1.54) is 6.08 Å². The van der Waals surface area contributed by atoms with Gasteiger partial charge in [0.2, 0.25) is 5.91 Å². The van der Waals surface area contributed by atoms with E-state index in [9.17, 15) is 9.59 Å². The Balaban J connectivity index is 1.65. The van der Waals surface area contributed by atoms with Gasteiger partial charge in [0.05, 0.1) is 11.3 Å². The second-order valence-corrected chi connectivity index (χ2v) is 6.80. The average Bonchev–Trinajstić information content (AvgIpc) is 2.76. The first-order valence-corrected chi connectivity index (χ1v) is 9.75. The maximum absolute atomic E-state index is 12.3. The highest BCUT2D eigenvalue weighted by Crippen LogP contribution is 2.19. The molecule has 0 heterocycles. The van der Waals surface area contributed by atoms with Gasteiger partial charge in [-0.25, -0.2) is 0 Å². The molecule has 0 aliphatic carbocycles. The van der Waals surface area contributed by atoms with E-state index in [1.54, 1.807) is 36.4 Å². The monoisotopic (exact) mass is 415 g/mol. The molecular formula is C24H21N3O2S. The van der Waals surface area contributed by atoms with Gasteiger partial charge in [0.1, 0.15) is 0 Å². The van der Waals surface area contributed by atoms with Crippen molar-refractivity contribution >= 4 is 51.7 Å². The Morgan fingerprint density at radius 1 is 0.967 bits per heavy atom. The van der Waals surface area contributed by atoms with E-state index in [4.69, 9.17) is 12.2 Å². The summed E-state index contributed by atoms with van der Waals surface area (Å²) >= 11 is 5.23. The molecule has 30 heavy (non-hydrogen) atoms. The van der Waals surface area contributed by atoms with Crippen LogP contribution in [-0.2, 0) is 4.79 Å². The van der Waals surface area contributed by atoms with Gasteiger partial charge in [0.25, 0.3) is 5.91 Å². The summed E-state index contributed by atoms with van der Waals surface area (Å²) in [6.07, 6.45) is 4.77. The Bertz CT molecular complexity index is 1130. The topological polar surface area (TPSA) is 70.2 Å². The first-order valence-electron chi connectivity index (χ1n) is 9.34. The lowest BCUT2D eigenvalue weighted by atomic mass is 10.0. The van der Waals surface area contributed by atoms with Crippen molar-refractivity contribution in [3.63, 3.8) is 0 Å². The number of thiocarbonyl (C=S) groups is 1. The van der Waals surface area contributed by atoms with Gasteiger partial charge in [-0.15, -0.1) is 6.58 Å². The van der Waals surface area contributed by atoms with Crippen molar-refractivity contribution in [1.29, 1.82) is 0 Å². The Hall–Kier alpha value is -3.77. The summed E-state index contributed by atoms with van der Waals surface area (Å²) in [5.41, 5.74) is 1.86. The van der Waals surface area contributed by atoms with E-state index in [0.717, 1.165) is 16.3 Å². The van der Waals surface area contributed by atoms with E-state index >= 15 is 0 Å². The molecule has 3 aromatic carbocycles. The van der Waals surface area contributed by atoms with Crippen LogP contribution in [0, 0.1) is 0 Å². The molecule has 6 heteroatoms. The Morgan fingerprint density at radius 2 is 1.70 bits per heavy atom. The molecule has 0 radical (unpaired) electrons. The fraction of sp³-hybridized carbons (Fsp3) is 0.0417. The quantitative estimate of drug-likeness (QED) is 0.319. The molecule has 0 aliphatic heterocycles. The summed E-state index contributed by atoms with van der Waals surface area (Å²) in [7, 11) is 0. The molecule has 0 unspecified atom stereocenters. The third-order valence-corrected chi connectivity index (χ3v) is 4.51. The van der Waals surface area contributed by atoms with Crippen LogP contribution in [0.4, 0.5) is 5.69 Å². The molecule has 0 bridgehead atoms. The number of hydrogen-bond acceptors (Lipinski definition) is 3. The summed E-state index contributed by atoms with van der Waals surface area (Å²) in [6.45, 7) is 3.94. The minimum Gasteiger partial charge on any atom is -0.349 e. The standard InChI is InChI=1S/C24H21N3O2S/c1-2-16-25-23(29)20-12-5-6-13-21(20)26-24(30)27-22(28)15-14-18-10-7-9-17-8-3-4-11-19(17)18/h2-15H,1,16H2,(H,25,29)(H2,26,27,28,30). The van der Waals surface area contributed by atoms with Gasteiger partial charge in [-0.2, -0.15) is 0 Å². The molecule has 0 saturated heterocycles. The molecule has 0 aromatic heterocycles. The minimum absolute atomic E-state index is 0.103. The van der Waals surface area contributed by atoms with Gasteiger partial charge in [-0.05, 0) is 46.8 Å². The highest BCUT2D eigenvalue weighted by atomic mass is 32.1. The van der Waals surface area contributed by atoms with Gasteiger partial charge < -0.3 is 10.6 Å². The molecule has 3 N–H and O–H groups in total. The third kappa shape index (κ3) is 5.40. The summed E-state index contributed by atoms with van der Waals surface area (Å²) in [6, 6.07) is 20.8. The first kappa shape index (κ1) is 21.0. The zero-order valence-electron chi connectivity index (χ0n) is 16.2. The number of carbonyl (C=O) groups excluding carboxylic acids is 2. The van der Waals surface area contributed by atoms with Crippen LogP contribution in [0.5, 0.6) is 0 Å². The van der Waals surface area contributed by atoms with Crippen LogP contribution in [0.1, 0.15) is 15.9 Å². The van der Waals surface area contributed by atoms with Gasteiger partial charge in [-0.1, -0.05) is 60.7 Å². The van der Waals surface area contributed by atoms with Crippen molar-refractivity contribution in [2.75, 3.05) is 11.9 Å².